The minimum Gasteiger partial charge on any atom is -0.444 e. The van der Waals surface area contributed by atoms with Gasteiger partial charge in [0.15, 0.2) is 0 Å². The zero-order valence-electron chi connectivity index (χ0n) is 14.7. The molecule has 5 nitrogen and oxygen atoms in total. The molecule has 0 aromatic heterocycles. The van der Waals surface area contributed by atoms with Gasteiger partial charge in [-0.3, -0.25) is 0 Å². The van der Waals surface area contributed by atoms with Crippen molar-refractivity contribution in [2.45, 2.75) is 83.0 Å². The lowest BCUT2D eigenvalue weighted by Crippen LogP contribution is -2.46. The summed E-state index contributed by atoms with van der Waals surface area (Å²) in [7, 11) is 2.22. The van der Waals surface area contributed by atoms with Crippen molar-refractivity contribution in [1.82, 2.24) is 15.5 Å². The van der Waals surface area contributed by atoms with E-state index in [1.807, 2.05) is 20.8 Å². The number of ether oxygens (including phenoxy) is 1. The number of nitrogens with zero attached hydrogens (tertiary/aromatic N) is 1. The Morgan fingerprint density at radius 1 is 1.14 bits per heavy atom. The Labute approximate surface area is 135 Å². The second kappa shape index (κ2) is 7.64. The Morgan fingerprint density at radius 2 is 1.77 bits per heavy atom. The van der Waals surface area contributed by atoms with Crippen LogP contribution in [0.3, 0.4) is 0 Å². The van der Waals surface area contributed by atoms with E-state index in [1.165, 1.54) is 19.4 Å². The van der Waals surface area contributed by atoms with Gasteiger partial charge in [-0.25, -0.2) is 4.79 Å². The molecule has 1 aliphatic carbocycles. The van der Waals surface area contributed by atoms with Crippen LogP contribution in [-0.2, 0) is 4.74 Å². The van der Waals surface area contributed by atoms with E-state index in [-0.39, 0.29) is 12.1 Å². The van der Waals surface area contributed by atoms with Crippen LogP contribution in [0.1, 0.15) is 59.3 Å². The van der Waals surface area contributed by atoms with Gasteiger partial charge < -0.3 is 20.3 Å². The lowest BCUT2D eigenvalue weighted by Gasteiger charge is -2.32. The molecular formula is C17H33N3O2. The second-order valence-corrected chi connectivity index (χ2v) is 7.88. The van der Waals surface area contributed by atoms with E-state index in [9.17, 15) is 4.79 Å². The molecule has 1 saturated heterocycles. The van der Waals surface area contributed by atoms with Gasteiger partial charge in [0.25, 0.3) is 0 Å². The predicted molar refractivity (Wildman–Crippen MR) is 89.1 cm³/mol. The molecule has 2 fully saturated rings. The van der Waals surface area contributed by atoms with E-state index in [4.69, 9.17) is 4.74 Å². The van der Waals surface area contributed by atoms with Crippen LogP contribution in [0.5, 0.6) is 0 Å². The first-order valence-corrected chi connectivity index (χ1v) is 8.76. The highest BCUT2D eigenvalue weighted by Crippen LogP contribution is 2.20. The minimum absolute atomic E-state index is 0.266. The fourth-order valence-electron chi connectivity index (χ4n) is 3.46. The van der Waals surface area contributed by atoms with Crippen LogP contribution in [0.4, 0.5) is 4.79 Å². The van der Waals surface area contributed by atoms with Crippen molar-refractivity contribution < 1.29 is 9.53 Å². The SMILES string of the molecule is CN1CCCC1CNC1CCC(NC(=O)OC(C)(C)C)CC1. The highest BCUT2D eigenvalue weighted by molar-refractivity contribution is 5.68. The third-order valence-electron chi connectivity index (χ3n) is 4.76. The maximum Gasteiger partial charge on any atom is 0.407 e. The molecule has 0 radical (unpaired) electrons. The van der Waals surface area contributed by atoms with E-state index in [1.54, 1.807) is 0 Å². The number of carbonyl (C=O) groups is 1. The van der Waals surface area contributed by atoms with Gasteiger partial charge in [0.1, 0.15) is 5.60 Å². The summed E-state index contributed by atoms with van der Waals surface area (Å²) in [6.45, 7) is 8.03. The summed E-state index contributed by atoms with van der Waals surface area (Å²) >= 11 is 0. The van der Waals surface area contributed by atoms with E-state index >= 15 is 0 Å². The summed E-state index contributed by atoms with van der Waals surface area (Å²) in [5.41, 5.74) is -0.420. The van der Waals surface area contributed by atoms with Gasteiger partial charge in [0.2, 0.25) is 0 Å². The molecule has 2 aliphatic rings. The van der Waals surface area contributed by atoms with Crippen molar-refractivity contribution in [2.75, 3.05) is 20.1 Å². The fourth-order valence-corrected chi connectivity index (χ4v) is 3.46. The fraction of sp³-hybridized carbons (Fsp3) is 0.941. The predicted octanol–water partition coefficient (Wildman–Crippen LogP) is 2.51. The maximum absolute atomic E-state index is 11.8. The summed E-state index contributed by atoms with van der Waals surface area (Å²) in [6.07, 6.45) is 6.72. The van der Waals surface area contributed by atoms with Crippen molar-refractivity contribution >= 4 is 6.09 Å². The second-order valence-electron chi connectivity index (χ2n) is 7.88. The zero-order valence-corrected chi connectivity index (χ0v) is 14.7. The lowest BCUT2D eigenvalue weighted by molar-refractivity contribution is 0.0489. The highest BCUT2D eigenvalue weighted by Gasteiger charge is 2.26. The smallest absolute Gasteiger partial charge is 0.407 e. The van der Waals surface area contributed by atoms with Crippen molar-refractivity contribution in [3.8, 4) is 0 Å². The van der Waals surface area contributed by atoms with Crippen LogP contribution in [0.2, 0.25) is 0 Å². The minimum atomic E-state index is -0.420. The monoisotopic (exact) mass is 311 g/mol. The number of alkyl carbamates (subject to hydrolysis) is 1. The van der Waals surface area contributed by atoms with Crippen LogP contribution in [0, 0.1) is 0 Å². The van der Waals surface area contributed by atoms with Crippen LogP contribution in [0.15, 0.2) is 0 Å². The highest BCUT2D eigenvalue weighted by atomic mass is 16.6. The molecule has 0 spiro atoms. The number of hydrogen-bond acceptors (Lipinski definition) is 4. The summed E-state index contributed by atoms with van der Waals surface area (Å²) in [5.74, 6) is 0. The molecule has 1 atom stereocenters. The topological polar surface area (TPSA) is 53.6 Å². The van der Waals surface area contributed by atoms with Crippen molar-refractivity contribution in [2.24, 2.45) is 0 Å². The Morgan fingerprint density at radius 3 is 2.32 bits per heavy atom. The quantitative estimate of drug-likeness (QED) is 0.837. The van der Waals surface area contributed by atoms with Gasteiger partial charge in [-0.15, -0.1) is 0 Å². The number of hydrogen-bond donors (Lipinski definition) is 2. The molecule has 2 N–H and O–H groups in total. The van der Waals surface area contributed by atoms with Gasteiger partial charge in [0, 0.05) is 24.7 Å². The largest absolute Gasteiger partial charge is 0.444 e. The molecule has 2 rings (SSSR count). The normalized spacial score (nSPS) is 30.3. The summed E-state index contributed by atoms with van der Waals surface area (Å²) in [6, 6.07) is 1.57. The molecule has 1 aliphatic heterocycles. The molecule has 1 amide bonds. The number of nitrogens with one attached hydrogen (secondary N) is 2. The summed E-state index contributed by atoms with van der Waals surface area (Å²) in [4.78, 5) is 14.3. The van der Waals surface area contributed by atoms with E-state index in [0.29, 0.717) is 12.1 Å². The van der Waals surface area contributed by atoms with Crippen LogP contribution in [0.25, 0.3) is 0 Å². The zero-order chi connectivity index (χ0) is 16.2. The third kappa shape index (κ3) is 5.76. The van der Waals surface area contributed by atoms with Crippen molar-refractivity contribution in [3.63, 3.8) is 0 Å². The van der Waals surface area contributed by atoms with Crippen LogP contribution < -0.4 is 10.6 Å². The average Bonchev–Trinajstić information content (AvgIpc) is 2.81. The first kappa shape index (κ1) is 17.5. The summed E-state index contributed by atoms with van der Waals surface area (Å²) < 4.78 is 5.32. The molecule has 22 heavy (non-hydrogen) atoms. The van der Waals surface area contributed by atoms with Crippen LogP contribution in [-0.4, -0.2) is 54.9 Å². The van der Waals surface area contributed by atoms with E-state index in [0.717, 1.165) is 32.2 Å². The molecule has 0 aromatic rings. The molecule has 1 heterocycles. The maximum atomic E-state index is 11.8. The first-order valence-electron chi connectivity index (χ1n) is 8.76. The Hall–Kier alpha value is -0.810. The molecule has 0 aromatic carbocycles. The standard InChI is InChI=1S/C17H33N3O2/c1-17(2,3)22-16(21)19-14-9-7-13(8-10-14)18-12-15-6-5-11-20(15)4/h13-15,18H,5-12H2,1-4H3,(H,19,21). The Balaban J connectivity index is 1.62. The van der Waals surface area contributed by atoms with E-state index in [2.05, 4.69) is 22.6 Å². The Bertz CT molecular complexity index is 359. The number of rotatable bonds is 4. The van der Waals surface area contributed by atoms with Crippen molar-refractivity contribution in [1.29, 1.82) is 0 Å². The number of amides is 1. The molecular weight excluding hydrogens is 278 g/mol. The van der Waals surface area contributed by atoms with Gasteiger partial charge in [-0.05, 0) is 72.9 Å². The molecule has 128 valence electrons. The average molecular weight is 311 g/mol. The summed E-state index contributed by atoms with van der Waals surface area (Å²) in [5, 5.41) is 6.72. The van der Waals surface area contributed by atoms with Gasteiger partial charge in [-0.2, -0.15) is 0 Å². The molecule has 1 unspecified atom stereocenters. The van der Waals surface area contributed by atoms with E-state index < -0.39 is 5.60 Å². The molecule has 0 bridgehead atoms. The van der Waals surface area contributed by atoms with Gasteiger partial charge >= 0.3 is 6.09 Å². The van der Waals surface area contributed by atoms with Crippen LogP contribution >= 0.6 is 0 Å². The molecule has 5 heteroatoms. The number of likely N-dealkylation sites (tertiary alicyclic amines) is 1. The first-order chi connectivity index (χ1) is 10.3. The lowest BCUT2D eigenvalue weighted by atomic mass is 9.91. The Kier molecular flexibility index (Phi) is 6.09. The molecule has 1 saturated carbocycles. The van der Waals surface area contributed by atoms with Crippen molar-refractivity contribution in [3.05, 3.63) is 0 Å². The van der Waals surface area contributed by atoms with Gasteiger partial charge in [0.05, 0.1) is 0 Å². The van der Waals surface area contributed by atoms with Gasteiger partial charge in [-0.1, -0.05) is 0 Å². The number of likely N-dealkylation sites (N-methyl/N-ethyl adjacent to an activating group) is 1. The third-order valence-corrected chi connectivity index (χ3v) is 4.76. The number of carbonyl (C=O) groups excluding carboxylic acids is 1.